The Balaban J connectivity index is 3.18. The Morgan fingerprint density at radius 2 is 1.44 bits per heavy atom. The van der Waals surface area contributed by atoms with E-state index in [1.54, 1.807) is 0 Å². The smallest absolute Gasteiger partial charge is 0.125 e. The third kappa shape index (κ3) is 3.01. The Labute approximate surface area is 99.8 Å². The first-order valence-corrected chi connectivity index (χ1v) is 6.00. The molecule has 1 aromatic rings. The van der Waals surface area contributed by atoms with Crippen LogP contribution in [0.15, 0.2) is 12.1 Å². The zero-order valence-electron chi connectivity index (χ0n) is 11.6. The summed E-state index contributed by atoms with van der Waals surface area (Å²) in [5, 5.41) is 0. The molecule has 0 aliphatic carbocycles. The summed E-state index contributed by atoms with van der Waals surface area (Å²) in [6.45, 7) is 15.1. The van der Waals surface area contributed by atoms with E-state index in [0.29, 0.717) is 0 Å². The summed E-state index contributed by atoms with van der Waals surface area (Å²) in [5.74, 6) is 1.04. The van der Waals surface area contributed by atoms with Crippen molar-refractivity contribution in [1.82, 2.24) is 0 Å². The molecule has 0 heterocycles. The number of ether oxygens (including phenoxy) is 1. The van der Waals surface area contributed by atoms with Gasteiger partial charge < -0.3 is 4.74 Å². The van der Waals surface area contributed by atoms with E-state index >= 15 is 0 Å². The van der Waals surface area contributed by atoms with E-state index in [0.717, 1.165) is 5.75 Å². The van der Waals surface area contributed by atoms with E-state index in [9.17, 15) is 0 Å². The summed E-state index contributed by atoms with van der Waals surface area (Å²) >= 11 is 0. The second kappa shape index (κ2) is 4.48. The zero-order valence-corrected chi connectivity index (χ0v) is 11.6. The van der Waals surface area contributed by atoms with E-state index in [-0.39, 0.29) is 11.5 Å². The molecule has 0 fully saturated rings. The molecule has 1 heteroatoms. The highest BCUT2D eigenvalue weighted by molar-refractivity contribution is 5.45. The highest BCUT2D eigenvalue weighted by Crippen LogP contribution is 2.31. The van der Waals surface area contributed by atoms with Crippen LogP contribution in [0.2, 0.25) is 0 Å². The Morgan fingerprint density at radius 1 is 1.00 bits per heavy atom. The van der Waals surface area contributed by atoms with Crippen LogP contribution < -0.4 is 4.74 Å². The van der Waals surface area contributed by atoms with Crippen LogP contribution in [0.5, 0.6) is 5.75 Å². The maximum atomic E-state index is 5.84. The lowest BCUT2D eigenvalue weighted by molar-refractivity contribution is 0.239. The summed E-state index contributed by atoms with van der Waals surface area (Å²) in [6, 6.07) is 4.48. The summed E-state index contributed by atoms with van der Waals surface area (Å²) < 4.78 is 5.84. The molecular formula is C15H24O. The summed E-state index contributed by atoms with van der Waals surface area (Å²) in [7, 11) is 0. The monoisotopic (exact) mass is 220 g/mol. The van der Waals surface area contributed by atoms with Crippen LogP contribution in [0, 0.1) is 13.8 Å². The summed E-state index contributed by atoms with van der Waals surface area (Å²) in [5.41, 5.74) is 4.04. The van der Waals surface area contributed by atoms with Crippen molar-refractivity contribution in [2.75, 3.05) is 0 Å². The van der Waals surface area contributed by atoms with Gasteiger partial charge in [-0.1, -0.05) is 32.9 Å². The van der Waals surface area contributed by atoms with Gasteiger partial charge in [-0.05, 0) is 49.8 Å². The van der Waals surface area contributed by atoms with Crippen LogP contribution in [-0.4, -0.2) is 6.10 Å². The van der Waals surface area contributed by atoms with Crippen molar-refractivity contribution < 1.29 is 4.74 Å². The van der Waals surface area contributed by atoms with Crippen LogP contribution >= 0.6 is 0 Å². The van der Waals surface area contributed by atoms with E-state index < -0.39 is 0 Å². The SMILES string of the molecule is Cc1cc(C(C)(C)C)cc(C)c1OC(C)C. The highest BCUT2D eigenvalue weighted by Gasteiger charge is 2.17. The molecule has 0 bridgehead atoms. The fourth-order valence-corrected chi connectivity index (χ4v) is 1.80. The number of benzene rings is 1. The van der Waals surface area contributed by atoms with E-state index in [2.05, 4.69) is 60.6 Å². The van der Waals surface area contributed by atoms with Crippen LogP contribution in [0.4, 0.5) is 0 Å². The van der Waals surface area contributed by atoms with E-state index in [1.807, 2.05) is 0 Å². The second-order valence-corrected chi connectivity index (χ2v) is 5.86. The maximum absolute atomic E-state index is 5.84. The van der Waals surface area contributed by atoms with Gasteiger partial charge in [-0.15, -0.1) is 0 Å². The molecule has 1 aromatic carbocycles. The van der Waals surface area contributed by atoms with Crippen molar-refractivity contribution in [3.8, 4) is 5.75 Å². The predicted octanol–water partition coefficient (Wildman–Crippen LogP) is 4.39. The molecule has 0 spiro atoms. The first-order valence-electron chi connectivity index (χ1n) is 6.00. The topological polar surface area (TPSA) is 9.23 Å². The van der Waals surface area contributed by atoms with Crippen LogP contribution in [0.1, 0.15) is 51.3 Å². The van der Waals surface area contributed by atoms with Crippen molar-refractivity contribution >= 4 is 0 Å². The zero-order chi connectivity index (χ0) is 12.5. The second-order valence-electron chi connectivity index (χ2n) is 5.86. The standard InChI is InChI=1S/C15H24O/c1-10(2)16-14-11(3)8-13(9-12(14)4)15(5,6)7/h8-10H,1-7H3. The average Bonchev–Trinajstić information content (AvgIpc) is 2.09. The first kappa shape index (κ1) is 13.1. The molecular weight excluding hydrogens is 196 g/mol. The molecule has 0 aromatic heterocycles. The lowest BCUT2D eigenvalue weighted by Crippen LogP contribution is -2.13. The molecule has 90 valence electrons. The van der Waals surface area contributed by atoms with Gasteiger partial charge in [0, 0.05) is 0 Å². The molecule has 16 heavy (non-hydrogen) atoms. The largest absolute Gasteiger partial charge is 0.490 e. The first-order chi connectivity index (χ1) is 7.21. The number of hydrogen-bond acceptors (Lipinski definition) is 1. The summed E-state index contributed by atoms with van der Waals surface area (Å²) in [4.78, 5) is 0. The molecule has 0 radical (unpaired) electrons. The summed E-state index contributed by atoms with van der Waals surface area (Å²) in [6.07, 6.45) is 0.234. The molecule has 0 saturated heterocycles. The van der Waals surface area contributed by atoms with Crippen molar-refractivity contribution in [3.05, 3.63) is 28.8 Å². The fourth-order valence-electron chi connectivity index (χ4n) is 1.80. The number of hydrogen-bond donors (Lipinski definition) is 0. The Kier molecular flexibility index (Phi) is 3.67. The lowest BCUT2D eigenvalue weighted by Gasteiger charge is -2.23. The van der Waals surface area contributed by atoms with Crippen LogP contribution in [0.25, 0.3) is 0 Å². The Morgan fingerprint density at radius 3 is 1.75 bits per heavy atom. The van der Waals surface area contributed by atoms with Gasteiger partial charge in [-0.25, -0.2) is 0 Å². The minimum atomic E-state index is 0.200. The normalized spacial score (nSPS) is 12.0. The van der Waals surface area contributed by atoms with E-state index in [1.165, 1.54) is 16.7 Å². The van der Waals surface area contributed by atoms with Crippen molar-refractivity contribution in [1.29, 1.82) is 0 Å². The fraction of sp³-hybridized carbons (Fsp3) is 0.600. The van der Waals surface area contributed by atoms with E-state index in [4.69, 9.17) is 4.74 Å². The predicted molar refractivity (Wildman–Crippen MR) is 70.4 cm³/mol. The molecule has 1 rings (SSSR count). The third-order valence-electron chi connectivity index (χ3n) is 2.68. The van der Waals surface area contributed by atoms with Gasteiger partial charge in [0.15, 0.2) is 0 Å². The highest BCUT2D eigenvalue weighted by atomic mass is 16.5. The van der Waals surface area contributed by atoms with Crippen LogP contribution in [-0.2, 0) is 5.41 Å². The minimum absolute atomic E-state index is 0.200. The Hall–Kier alpha value is -0.980. The van der Waals surface area contributed by atoms with Gasteiger partial charge in [0.2, 0.25) is 0 Å². The molecule has 1 nitrogen and oxygen atoms in total. The van der Waals surface area contributed by atoms with Gasteiger partial charge in [-0.2, -0.15) is 0 Å². The third-order valence-corrected chi connectivity index (χ3v) is 2.68. The molecule has 0 aliphatic rings. The average molecular weight is 220 g/mol. The van der Waals surface area contributed by atoms with Crippen molar-refractivity contribution in [2.24, 2.45) is 0 Å². The van der Waals surface area contributed by atoms with Gasteiger partial charge in [-0.3, -0.25) is 0 Å². The molecule has 0 atom stereocenters. The van der Waals surface area contributed by atoms with Crippen molar-refractivity contribution in [2.45, 2.75) is 60.0 Å². The number of rotatable bonds is 2. The molecule has 0 saturated carbocycles. The van der Waals surface area contributed by atoms with Gasteiger partial charge in [0.25, 0.3) is 0 Å². The minimum Gasteiger partial charge on any atom is -0.490 e. The van der Waals surface area contributed by atoms with Gasteiger partial charge in [0.05, 0.1) is 6.10 Å². The molecule has 0 N–H and O–H groups in total. The molecule has 0 amide bonds. The Bertz CT molecular complexity index is 347. The molecule has 0 aliphatic heterocycles. The van der Waals surface area contributed by atoms with Crippen LogP contribution in [0.3, 0.4) is 0 Å². The molecule has 0 unspecified atom stereocenters. The van der Waals surface area contributed by atoms with Gasteiger partial charge in [0.1, 0.15) is 5.75 Å². The van der Waals surface area contributed by atoms with Crippen molar-refractivity contribution in [3.63, 3.8) is 0 Å². The quantitative estimate of drug-likeness (QED) is 0.718. The lowest BCUT2D eigenvalue weighted by atomic mass is 9.85. The van der Waals surface area contributed by atoms with Gasteiger partial charge >= 0.3 is 0 Å². The number of aryl methyl sites for hydroxylation is 2. The maximum Gasteiger partial charge on any atom is 0.125 e.